The zero-order chi connectivity index (χ0) is 12.5. The van der Waals surface area contributed by atoms with Crippen molar-refractivity contribution in [2.45, 2.75) is 47.9 Å². The molecule has 1 aromatic carbocycles. The highest BCUT2D eigenvalue weighted by molar-refractivity contribution is 8.00. The number of hydrogen-bond donors (Lipinski definition) is 0. The summed E-state index contributed by atoms with van der Waals surface area (Å²) in [5.41, 5.74) is 0. The largest absolute Gasteiger partial charge is 0.497 e. The molecule has 0 N–H and O–H groups in total. The molecule has 3 heteroatoms. The fourth-order valence-electron chi connectivity index (χ4n) is 3.32. The van der Waals surface area contributed by atoms with E-state index in [4.69, 9.17) is 4.74 Å². The third kappa shape index (κ3) is 2.39. The van der Waals surface area contributed by atoms with E-state index < -0.39 is 0 Å². The van der Waals surface area contributed by atoms with Crippen LogP contribution in [0.2, 0.25) is 0 Å². The van der Waals surface area contributed by atoms with Crippen LogP contribution in [0.5, 0.6) is 5.75 Å². The van der Waals surface area contributed by atoms with Crippen LogP contribution in [-0.2, 0) is 0 Å². The number of rotatable bonds is 3. The SMILES string of the molecule is COc1cccc(SC2CC3CCC(C2)N3C)c1. The quantitative estimate of drug-likeness (QED) is 0.829. The second-order valence-electron chi connectivity index (χ2n) is 5.44. The zero-order valence-corrected chi connectivity index (χ0v) is 12.0. The first-order valence-corrected chi connectivity index (χ1v) is 7.67. The molecule has 2 saturated heterocycles. The lowest BCUT2D eigenvalue weighted by molar-refractivity contribution is 0.183. The van der Waals surface area contributed by atoms with Crippen molar-refractivity contribution in [1.82, 2.24) is 4.90 Å². The fraction of sp³-hybridized carbons (Fsp3) is 0.600. The van der Waals surface area contributed by atoms with E-state index in [9.17, 15) is 0 Å². The van der Waals surface area contributed by atoms with E-state index in [0.717, 1.165) is 23.1 Å². The van der Waals surface area contributed by atoms with E-state index >= 15 is 0 Å². The average molecular weight is 263 g/mol. The standard InChI is InChI=1S/C15H21NOS/c1-16-11-6-7-12(16)9-15(8-11)18-14-5-3-4-13(10-14)17-2/h3-5,10-12,15H,6-9H2,1-2H3. The van der Waals surface area contributed by atoms with E-state index in [1.54, 1.807) is 7.11 Å². The summed E-state index contributed by atoms with van der Waals surface area (Å²) < 4.78 is 5.29. The van der Waals surface area contributed by atoms with Crippen LogP contribution >= 0.6 is 11.8 Å². The lowest BCUT2D eigenvalue weighted by atomic mass is 10.0. The Bertz CT molecular complexity index is 409. The second kappa shape index (κ2) is 5.14. The molecule has 0 aromatic heterocycles. The maximum atomic E-state index is 5.29. The lowest BCUT2D eigenvalue weighted by Crippen LogP contribution is -2.40. The number of methoxy groups -OCH3 is 1. The normalized spacial score (nSPS) is 31.6. The van der Waals surface area contributed by atoms with E-state index in [0.29, 0.717) is 0 Å². The second-order valence-corrected chi connectivity index (χ2v) is 6.81. The predicted octanol–water partition coefficient (Wildman–Crippen LogP) is 3.41. The van der Waals surface area contributed by atoms with Crippen LogP contribution < -0.4 is 4.74 Å². The van der Waals surface area contributed by atoms with Crippen LogP contribution in [0, 0.1) is 0 Å². The summed E-state index contributed by atoms with van der Waals surface area (Å²) in [5.74, 6) is 0.968. The van der Waals surface area contributed by atoms with Crippen LogP contribution in [0.25, 0.3) is 0 Å². The average Bonchev–Trinajstić information content (AvgIpc) is 2.62. The van der Waals surface area contributed by atoms with Gasteiger partial charge in [0.05, 0.1) is 7.11 Å². The summed E-state index contributed by atoms with van der Waals surface area (Å²) in [6.07, 6.45) is 5.48. The summed E-state index contributed by atoms with van der Waals surface area (Å²) in [5, 5.41) is 0.783. The van der Waals surface area contributed by atoms with Crippen molar-refractivity contribution < 1.29 is 4.74 Å². The van der Waals surface area contributed by atoms with Gasteiger partial charge in [-0.25, -0.2) is 0 Å². The zero-order valence-electron chi connectivity index (χ0n) is 11.1. The first-order valence-electron chi connectivity index (χ1n) is 6.79. The summed E-state index contributed by atoms with van der Waals surface area (Å²) >= 11 is 2.04. The van der Waals surface area contributed by atoms with Gasteiger partial charge in [-0.2, -0.15) is 0 Å². The first-order chi connectivity index (χ1) is 8.76. The van der Waals surface area contributed by atoms with Gasteiger partial charge in [0.15, 0.2) is 0 Å². The fourth-order valence-corrected chi connectivity index (χ4v) is 4.69. The van der Waals surface area contributed by atoms with Gasteiger partial charge in [0, 0.05) is 22.2 Å². The minimum Gasteiger partial charge on any atom is -0.497 e. The van der Waals surface area contributed by atoms with Crippen LogP contribution in [-0.4, -0.2) is 36.4 Å². The Balaban J connectivity index is 1.66. The Morgan fingerprint density at radius 3 is 2.61 bits per heavy atom. The van der Waals surface area contributed by atoms with Crippen molar-refractivity contribution in [2.24, 2.45) is 0 Å². The summed E-state index contributed by atoms with van der Waals surface area (Å²) in [6, 6.07) is 10.1. The minimum atomic E-state index is 0.783. The molecule has 2 aliphatic rings. The van der Waals surface area contributed by atoms with Crippen molar-refractivity contribution in [3.05, 3.63) is 24.3 Å². The van der Waals surface area contributed by atoms with Crippen LogP contribution in [0.1, 0.15) is 25.7 Å². The van der Waals surface area contributed by atoms with Gasteiger partial charge in [0.25, 0.3) is 0 Å². The molecule has 0 saturated carbocycles. The Labute approximate surface area is 114 Å². The highest BCUT2D eigenvalue weighted by Gasteiger charge is 2.38. The van der Waals surface area contributed by atoms with Crippen molar-refractivity contribution >= 4 is 11.8 Å². The maximum Gasteiger partial charge on any atom is 0.119 e. The van der Waals surface area contributed by atoms with Crippen molar-refractivity contribution in [3.8, 4) is 5.75 Å². The number of nitrogens with zero attached hydrogens (tertiary/aromatic N) is 1. The molecule has 0 aliphatic carbocycles. The number of ether oxygens (including phenoxy) is 1. The topological polar surface area (TPSA) is 12.5 Å². The maximum absolute atomic E-state index is 5.29. The van der Waals surface area contributed by atoms with Gasteiger partial charge in [-0.3, -0.25) is 0 Å². The van der Waals surface area contributed by atoms with Crippen LogP contribution in [0.4, 0.5) is 0 Å². The molecule has 0 spiro atoms. The molecular weight excluding hydrogens is 242 g/mol. The minimum absolute atomic E-state index is 0.783. The molecule has 2 bridgehead atoms. The smallest absolute Gasteiger partial charge is 0.119 e. The molecule has 98 valence electrons. The van der Waals surface area contributed by atoms with Gasteiger partial charge in [0.2, 0.25) is 0 Å². The molecular formula is C15H21NOS. The highest BCUT2D eigenvalue weighted by Crippen LogP contribution is 2.41. The van der Waals surface area contributed by atoms with Gasteiger partial charge in [-0.15, -0.1) is 11.8 Å². The van der Waals surface area contributed by atoms with Crippen molar-refractivity contribution in [2.75, 3.05) is 14.2 Å². The third-order valence-electron chi connectivity index (χ3n) is 4.40. The molecule has 1 aromatic rings. The van der Waals surface area contributed by atoms with Gasteiger partial charge < -0.3 is 9.64 Å². The summed E-state index contributed by atoms with van der Waals surface area (Å²) in [6.45, 7) is 0. The Kier molecular flexibility index (Phi) is 3.53. The third-order valence-corrected chi connectivity index (χ3v) is 5.64. The molecule has 2 fully saturated rings. The number of thioether (sulfide) groups is 1. The number of hydrogen-bond acceptors (Lipinski definition) is 3. The van der Waals surface area contributed by atoms with Crippen LogP contribution in [0.3, 0.4) is 0 Å². The Hall–Kier alpha value is -0.670. The Morgan fingerprint density at radius 2 is 1.94 bits per heavy atom. The summed E-state index contributed by atoms with van der Waals surface area (Å²) in [4.78, 5) is 3.95. The molecule has 2 unspecified atom stereocenters. The van der Waals surface area contributed by atoms with E-state index in [1.807, 2.05) is 17.8 Å². The number of benzene rings is 1. The molecule has 2 heterocycles. The number of fused-ring (bicyclic) bond motifs is 2. The molecule has 0 amide bonds. The van der Waals surface area contributed by atoms with Gasteiger partial charge in [-0.05, 0) is 50.9 Å². The van der Waals surface area contributed by atoms with Crippen molar-refractivity contribution in [1.29, 1.82) is 0 Å². The molecule has 2 aliphatic heterocycles. The molecule has 2 nitrogen and oxygen atoms in total. The lowest BCUT2D eigenvalue weighted by Gasteiger charge is -2.36. The van der Waals surface area contributed by atoms with Gasteiger partial charge >= 0.3 is 0 Å². The molecule has 2 atom stereocenters. The van der Waals surface area contributed by atoms with E-state index in [-0.39, 0.29) is 0 Å². The van der Waals surface area contributed by atoms with Crippen molar-refractivity contribution in [3.63, 3.8) is 0 Å². The first kappa shape index (κ1) is 12.4. The predicted molar refractivity (Wildman–Crippen MR) is 76.4 cm³/mol. The molecule has 3 rings (SSSR count). The van der Waals surface area contributed by atoms with Gasteiger partial charge in [-0.1, -0.05) is 6.07 Å². The van der Waals surface area contributed by atoms with E-state index in [2.05, 4.69) is 30.1 Å². The summed E-state index contributed by atoms with van der Waals surface area (Å²) in [7, 11) is 4.04. The molecule has 0 radical (unpaired) electrons. The van der Waals surface area contributed by atoms with E-state index in [1.165, 1.54) is 30.6 Å². The van der Waals surface area contributed by atoms with Gasteiger partial charge in [0.1, 0.15) is 5.75 Å². The highest BCUT2D eigenvalue weighted by atomic mass is 32.2. The molecule has 18 heavy (non-hydrogen) atoms. The number of piperidine rings is 1. The van der Waals surface area contributed by atoms with Crippen LogP contribution in [0.15, 0.2) is 29.2 Å². The monoisotopic (exact) mass is 263 g/mol. The Morgan fingerprint density at radius 1 is 1.22 bits per heavy atom.